The summed E-state index contributed by atoms with van der Waals surface area (Å²) in [6.45, 7) is 0. The molecule has 0 N–H and O–H groups in total. The molecular weight excluding hydrogens is 156 g/mol. The molecule has 0 saturated carbocycles. The Labute approximate surface area is 68.9 Å². The van der Waals surface area contributed by atoms with Crippen molar-refractivity contribution in [3.05, 3.63) is 35.9 Å². The Morgan fingerprint density at radius 2 is 2.00 bits per heavy atom. The molecule has 0 amide bonds. The van der Waals surface area contributed by atoms with Crippen LogP contribution in [0, 0.1) is 0 Å². The van der Waals surface area contributed by atoms with E-state index < -0.39 is 5.90 Å². The summed E-state index contributed by atoms with van der Waals surface area (Å²) in [5.74, 6) is -0.543. The van der Waals surface area contributed by atoms with Crippen LogP contribution < -0.4 is 5.11 Å². The van der Waals surface area contributed by atoms with Gasteiger partial charge in [0, 0.05) is 5.90 Å². The number of nitrogens with zero attached hydrogens (tertiary/aromatic N) is 2. The molecule has 0 unspecified atom stereocenters. The standard InChI is InChI=1S/C8H6N2O2/c11-6-9-10-8(12)7-4-2-1-3-5-7/h1-5H,(H,10,12)/p-1. The largest absolute Gasteiger partial charge is 0.857 e. The molecule has 1 aromatic carbocycles. The van der Waals surface area contributed by atoms with E-state index in [0.29, 0.717) is 5.56 Å². The highest BCUT2D eigenvalue weighted by Gasteiger charge is 1.87. The first kappa shape index (κ1) is 8.17. The van der Waals surface area contributed by atoms with Gasteiger partial charge in [0.1, 0.15) is 0 Å². The van der Waals surface area contributed by atoms with E-state index in [4.69, 9.17) is 0 Å². The van der Waals surface area contributed by atoms with Gasteiger partial charge in [-0.05, 0) is 5.56 Å². The summed E-state index contributed by atoms with van der Waals surface area (Å²) in [4.78, 5) is 9.60. The van der Waals surface area contributed by atoms with Crippen LogP contribution in [0.1, 0.15) is 5.56 Å². The molecule has 0 saturated heterocycles. The second kappa shape index (κ2) is 4.05. The Balaban J connectivity index is 2.92. The van der Waals surface area contributed by atoms with E-state index >= 15 is 0 Å². The fourth-order valence-electron chi connectivity index (χ4n) is 0.704. The molecule has 0 aliphatic rings. The zero-order valence-corrected chi connectivity index (χ0v) is 6.10. The van der Waals surface area contributed by atoms with Crippen molar-refractivity contribution in [1.82, 2.24) is 0 Å². The number of benzene rings is 1. The Morgan fingerprint density at radius 3 is 2.58 bits per heavy atom. The van der Waals surface area contributed by atoms with Crippen molar-refractivity contribution in [2.75, 3.05) is 0 Å². The van der Waals surface area contributed by atoms with Crippen molar-refractivity contribution < 1.29 is 9.90 Å². The van der Waals surface area contributed by atoms with Crippen molar-refractivity contribution >= 4 is 12.0 Å². The first-order chi connectivity index (χ1) is 5.84. The summed E-state index contributed by atoms with van der Waals surface area (Å²) in [5, 5.41) is 16.9. The lowest BCUT2D eigenvalue weighted by Crippen LogP contribution is -2.17. The summed E-state index contributed by atoms with van der Waals surface area (Å²) in [7, 11) is 0. The first-order valence-corrected chi connectivity index (χ1v) is 3.22. The highest BCUT2D eigenvalue weighted by atomic mass is 16.3. The molecule has 0 fully saturated rings. The Bertz CT molecular complexity index is 326. The van der Waals surface area contributed by atoms with Crippen molar-refractivity contribution in [3.8, 4) is 0 Å². The van der Waals surface area contributed by atoms with Crippen LogP contribution in [0.25, 0.3) is 0 Å². The number of hydrogen-bond donors (Lipinski definition) is 0. The fraction of sp³-hybridized carbons (Fsp3) is 0. The van der Waals surface area contributed by atoms with Gasteiger partial charge in [0.05, 0.1) is 0 Å². The van der Waals surface area contributed by atoms with Gasteiger partial charge in [-0.25, -0.2) is 4.79 Å². The monoisotopic (exact) mass is 161 g/mol. The van der Waals surface area contributed by atoms with Gasteiger partial charge >= 0.3 is 0 Å². The van der Waals surface area contributed by atoms with E-state index in [1.807, 2.05) is 0 Å². The molecule has 0 radical (unpaired) electrons. The summed E-state index contributed by atoms with van der Waals surface area (Å²) < 4.78 is 0. The maximum Gasteiger partial charge on any atom is 0.260 e. The SMILES string of the molecule is O=C=N/N=C(/[O-])c1ccccc1. The van der Waals surface area contributed by atoms with Gasteiger partial charge in [0.15, 0.2) is 0 Å². The van der Waals surface area contributed by atoms with Crippen LogP contribution in [0.4, 0.5) is 0 Å². The smallest absolute Gasteiger partial charge is 0.260 e. The lowest BCUT2D eigenvalue weighted by Gasteiger charge is -2.06. The van der Waals surface area contributed by atoms with Gasteiger partial charge in [0.25, 0.3) is 6.08 Å². The van der Waals surface area contributed by atoms with Gasteiger partial charge in [0.2, 0.25) is 0 Å². The van der Waals surface area contributed by atoms with E-state index in [9.17, 15) is 9.90 Å². The van der Waals surface area contributed by atoms with Crippen LogP contribution in [-0.4, -0.2) is 12.0 Å². The van der Waals surface area contributed by atoms with E-state index in [2.05, 4.69) is 10.2 Å². The van der Waals surface area contributed by atoms with Gasteiger partial charge < -0.3 is 5.11 Å². The Kier molecular flexibility index (Phi) is 2.76. The molecular formula is C8H5N2O2-. The van der Waals surface area contributed by atoms with E-state index in [-0.39, 0.29) is 0 Å². The predicted octanol–water partition coefficient (Wildman–Crippen LogP) is 0.0443. The van der Waals surface area contributed by atoms with Crippen LogP contribution in [-0.2, 0) is 4.79 Å². The van der Waals surface area contributed by atoms with Crippen LogP contribution in [0.2, 0.25) is 0 Å². The molecule has 1 rings (SSSR count). The van der Waals surface area contributed by atoms with Gasteiger partial charge in [-0.3, -0.25) is 0 Å². The first-order valence-electron chi connectivity index (χ1n) is 3.22. The van der Waals surface area contributed by atoms with E-state index in [0.717, 1.165) is 6.08 Å². The minimum absolute atomic E-state index is 0.400. The average molecular weight is 161 g/mol. The summed E-state index contributed by atoms with van der Waals surface area (Å²) >= 11 is 0. The number of hydrogen-bond acceptors (Lipinski definition) is 4. The molecule has 0 aromatic heterocycles. The van der Waals surface area contributed by atoms with Gasteiger partial charge in [-0.1, -0.05) is 35.4 Å². The highest BCUT2D eigenvalue weighted by molar-refractivity contribution is 5.90. The van der Waals surface area contributed by atoms with Crippen LogP contribution >= 0.6 is 0 Å². The zero-order chi connectivity index (χ0) is 8.81. The zero-order valence-electron chi connectivity index (χ0n) is 6.10. The third kappa shape index (κ3) is 2.04. The molecule has 4 heteroatoms. The third-order valence-electron chi connectivity index (χ3n) is 1.20. The molecule has 0 bridgehead atoms. The quantitative estimate of drug-likeness (QED) is 0.266. The summed E-state index contributed by atoms with van der Waals surface area (Å²) in [5.41, 5.74) is 0.400. The normalized spacial score (nSPS) is 10.5. The van der Waals surface area contributed by atoms with E-state index in [1.54, 1.807) is 30.3 Å². The molecule has 4 nitrogen and oxygen atoms in total. The molecule has 12 heavy (non-hydrogen) atoms. The van der Waals surface area contributed by atoms with Crippen molar-refractivity contribution in [3.63, 3.8) is 0 Å². The Hall–Kier alpha value is -1.93. The van der Waals surface area contributed by atoms with Crippen LogP contribution in [0.3, 0.4) is 0 Å². The molecule has 1 aromatic rings. The molecule has 60 valence electrons. The minimum atomic E-state index is -0.543. The van der Waals surface area contributed by atoms with Crippen LogP contribution in [0.15, 0.2) is 40.5 Å². The fourth-order valence-corrected chi connectivity index (χ4v) is 0.704. The molecule has 0 heterocycles. The van der Waals surface area contributed by atoms with Gasteiger partial charge in [-0.2, -0.15) is 5.10 Å². The lowest BCUT2D eigenvalue weighted by molar-refractivity contribution is -0.213. The molecule has 0 aliphatic heterocycles. The number of carbonyl (C=O) groups excluding carboxylic acids is 1. The molecule has 0 atom stereocenters. The number of isocyanates is 1. The second-order valence-electron chi connectivity index (χ2n) is 1.96. The second-order valence-corrected chi connectivity index (χ2v) is 1.96. The van der Waals surface area contributed by atoms with E-state index in [1.165, 1.54) is 0 Å². The average Bonchev–Trinajstić information content (AvgIpc) is 2.15. The topological polar surface area (TPSA) is 64.8 Å². The van der Waals surface area contributed by atoms with Gasteiger partial charge in [-0.15, -0.1) is 0 Å². The maximum absolute atomic E-state index is 11.0. The highest BCUT2D eigenvalue weighted by Crippen LogP contribution is 1.96. The summed E-state index contributed by atoms with van der Waals surface area (Å²) in [6.07, 6.45) is 1.16. The lowest BCUT2D eigenvalue weighted by atomic mass is 10.2. The number of rotatable bonds is 2. The maximum atomic E-state index is 11.0. The third-order valence-corrected chi connectivity index (χ3v) is 1.20. The Morgan fingerprint density at radius 1 is 1.33 bits per heavy atom. The van der Waals surface area contributed by atoms with Crippen LogP contribution in [0.5, 0.6) is 0 Å². The predicted molar refractivity (Wildman–Crippen MR) is 41.1 cm³/mol. The molecule has 0 aliphatic carbocycles. The summed E-state index contributed by atoms with van der Waals surface area (Å²) in [6, 6.07) is 8.36. The van der Waals surface area contributed by atoms with Crippen molar-refractivity contribution in [1.29, 1.82) is 0 Å². The van der Waals surface area contributed by atoms with Crippen molar-refractivity contribution in [2.45, 2.75) is 0 Å². The molecule has 0 spiro atoms. The minimum Gasteiger partial charge on any atom is -0.857 e. The van der Waals surface area contributed by atoms with Crippen molar-refractivity contribution in [2.24, 2.45) is 10.2 Å².